The van der Waals surface area contributed by atoms with E-state index >= 15 is 0 Å². The van der Waals surface area contributed by atoms with Gasteiger partial charge in [-0.2, -0.15) is 0 Å². The van der Waals surface area contributed by atoms with Crippen LogP contribution in [0, 0.1) is 6.92 Å². The first-order valence-corrected chi connectivity index (χ1v) is 5.72. The molecule has 0 aliphatic heterocycles. The van der Waals surface area contributed by atoms with E-state index in [9.17, 15) is 0 Å². The predicted octanol–water partition coefficient (Wildman–Crippen LogP) is 1.79. The van der Waals surface area contributed by atoms with Crippen LogP contribution < -0.4 is 5.19 Å². The Morgan fingerprint density at radius 3 is 2.77 bits per heavy atom. The summed E-state index contributed by atoms with van der Waals surface area (Å²) in [5.74, 6) is 0. The summed E-state index contributed by atoms with van der Waals surface area (Å²) in [5, 5.41) is 4.72. The zero-order valence-electron chi connectivity index (χ0n) is 7.76. The Labute approximate surface area is 86.0 Å². The molecule has 0 saturated carbocycles. The standard InChI is InChI=1S/C11H11ClSi/c1-7-5-9-8(6-11(7)13)3-2-4-10(9)12/h2-6H,1,13H3. The molecule has 0 bridgehead atoms. The summed E-state index contributed by atoms with van der Waals surface area (Å²) in [6, 6.07) is 10.5. The van der Waals surface area contributed by atoms with Crippen LogP contribution in [0.4, 0.5) is 0 Å². The van der Waals surface area contributed by atoms with E-state index in [2.05, 4.69) is 25.1 Å². The molecule has 0 heterocycles. The molecule has 0 aliphatic carbocycles. The number of halogens is 1. The molecule has 0 amide bonds. The van der Waals surface area contributed by atoms with Crippen LogP contribution in [0.2, 0.25) is 5.02 Å². The van der Waals surface area contributed by atoms with Crippen LogP contribution in [0.1, 0.15) is 5.56 Å². The molecule has 0 unspecified atom stereocenters. The third-order valence-corrected chi connectivity index (χ3v) is 3.85. The van der Waals surface area contributed by atoms with Crippen molar-refractivity contribution in [2.75, 3.05) is 0 Å². The minimum Gasteiger partial charge on any atom is -0.0837 e. The van der Waals surface area contributed by atoms with E-state index < -0.39 is 0 Å². The number of benzene rings is 2. The fourth-order valence-electron chi connectivity index (χ4n) is 1.51. The molecule has 2 aromatic rings. The van der Waals surface area contributed by atoms with Crippen molar-refractivity contribution in [1.29, 1.82) is 0 Å². The van der Waals surface area contributed by atoms with Crippen LogP contribution in [0.15, 0.2) is 30.3 Å². The minimum atomic E-state index is 0.849. The molecule has 2 heteroatoms. The van der Waals surface area contributed by atoms with Gasteiger partial charge in [0.2, 0.25) is 0 Å². The van der Waals surface area contributed by atoms with E-state index in [0.717, 1.165) is 15.3 Å². The molecule has 0 fully saturated rings. The van der Waals surface area contributed by atoms with Crippen molar-refractivity contribution < 1.29 is 0 Å². The van der Waals surface area contributed by atoms with Crippen LogP contribution in [-0.2, 0) is 0 Å². The number of rotatable bonds is 0. The Kier molecular flexibility index (Phi) is 2.14. The highest BCUT2D eigenvalue weighted by Crippen LogP contribution is 2.22. The maximum atomic E-state index is 6.09. The molecule has 0 aromatic heterocycles. The second kappa shape index (κ2) is 3.16. The molecule has 0 atom stereocenters. The van der Waals surface area contributed by atoms with Crippen molar-refractivity contribution in [3.8, 4) is 0 Å². The smallest absolute Gasteiger partial charge is 0.0484 e. The van der Waals surface area contributed by atoms with Crippen molar-refractivity contribution in [3.05, 3.63) is 40.9 Å². The van der Waals surface area contributed by atoms with Gasteiger partial charge in [0.1, 0.15) is 0 Å². The fourth-order valence-corrected chi connectivity index (χ4v) is 2.20. The zero-order valence-corrected chi connectivity index (χ0v) is 10.5. The minimum absolute atomic E-state index is 0.849. The first-order chi connectivity index (χ1) is 6.18. The third-order valence-electron chi connectivity index (χ3n) is 2.44. The largest absolute Gasteiger partial charge is 0.0837 e. The molecule has 2 rings (SSSR count). The van der Waals surface area contributed by atoms with Crippen molar-refractivity contribution in [3.63, 3.8) is 0 Å². The Hall–Kier alpha value is -0.793. The van der Waals surface area contributed by atoms with Crippen LogP contribution in [-0.4, -0.2) is 10.2 Å². The van der Waals surface area contributed by atoms with Crippen molar-refractivity contribution in [2.45, 2.75) is 6.92 Å². The Morgan fingerprint density at radius 2 is 2.00 bits per heavy atom. The van der Waals surface area contributed by atoms with Gasteiger partial charge in [0.05, 0.1) is 0 Å². The van der Waals surface area contributed by atoms with Gasteiger partial charge in [-0.1, -0.05) is 46.6 Å². The third kappa shape index (κ3) is 1.50. The normalized spacial score (nSPS) is 10.9. The van der Waals surface area contributed by atoms with Gasteiger partial charge in [-0.3, -0.25) is 0 Å². The summed E-state index contributed by atoms with van der Waals surface area (Å²) in [6.07, 6.45) is 0. The number of fused-ring (bicyclic) bond motifs is 1. The van der Waals surface area contributed by atoms with Crippen LogP contribution in [0.5, 0.6) is 0 Å². The molecule has 0 radical (unpaired) electrons. The first kappa shape index (κ1) is 8.79. The molecule has 0 N–H and O–H groups in total. The van der Waals surface area contributed by atoms with Gasteiger partial charge in [-0.15, -0.1) is 0 Å². The lowest BCUT2D eigenvalue weighted by Crippen LogP contribution is -2.05. The highest BCUT2D eigenvalue weighted by atomic mass is 35.5. The fraction of sp³-hybridized carbons (Fsp3) is 0.0909. The molecular weight excluding hydrogens is 196 g/mol. The quantitative estimate of drug-likeness (QED) is 0.577. The highest BCUT2D eigenvalue weighted by Gasteiger charge is 2.00. The SMILES string of the molecule is Cc1cc2c(Cl)cccc2cc1[SiH3]. The second-order valence-electron chi connectivity index (χ2n) is 3.40. The lowest BCUT2D eigenvalue weighted by molar-refractivity contribution is 1.55. The monoisotopic (exact) mass is 206 g/mol. The summed E-state index contributed by atoms with van der Waals surface area (Å²) in [7, 11) is 1.10. The summed E-state index contributed by atoms with van der Waals surface area (Å²) in [4.78, 5) is 0. The maximum Gasteiger partial charge on any atom is 0.0484 e. The van der Waals surface area contributed by atoms with E-state index in [1.165, 1.54) is 21.5 Å². The summed E-state index contributed by atoms with van der Waals surface area (Å²) >= 11 is 6.09. The molecular formula is C11H11ClSi. The first-order valence-electron chi connectivity index (χ1n) is 4.34. The number of hydrogen-bond donors (Lipinski definition) is 0. The Morgan fingerprint density at radius 1 is 1.23 bits per heavy atom. The van der Waals surface area contributed by atoms with Crippen LogP contribution >= 0.6 is 11.6 Å². The zero-order chi connectivity index (χ0) is 9.42. The number of hydrogen-bond acceptors (Lipinski definition) is 0. The lowest BCUT2D eigenvalue weighted by atomic mass is 10.1. The highest BCUT2D eigenvalue weighted by molar-refractivity contribution is 6.37. The Bertz CT molecular complexity index is 463. The molecule has 0 nitrogen and oxygen atoms in total. The van der Waals surface area contributed by atoms with Gasteiger partial charge in [0, 0.05) is 20.7 Å². The number of aryl methyl sites for hydroxylation is 1. The van der Waals surface area contributed by atoms with E-state index in [-0.39, 0.29) is 0 Å². The molecule has 0 saturated heterocycles. The van der Waals surface area contributed by atoms with E-state index in [1.807, 2.05) is 12.1 Å². The van der Waals surface area contributed by atoms with Gasteiger partial charge in [0.15, 0.2) is 0 Å². The average Bonchev–Trinajstić information content (AvgIpc) is 2.09. The molecule has 13 heavy (non-hydrogen) atoms. The molecule has 66 valence electrons. The predicted molar refractivity (Wildman–Crippen MR) is 63.3 cm³/mol. The molecule has 0 spiro atoms. The summed E-state index contributed by atoms with van der Waals surface area (Å²) in [6.45, 7) is 2.14. The van der Waals surface area contributed by atoms with E-state index in [1.54, 1.807) is 0 Å². The Balaban J connectivity index is 2.89. The van der Waals surface area contributed by atoms with Gasteiger partial charge in [-0.05, 0) is 18.4 Å². The maximum absolute atomic E-state index is 6.09. The average molecular weight is 207 g/mol. The molecule has 2 aromatic carbocycles. The van der Waals surface area contributed by atoms with Crippen molar-refractivity contribution in [2.24, 2.45) is 0 Å². The summed E-state index contributed by atoms with van der Waals surface area (Å²) < 4.78 is 0. The van der Waals surface area contributed by atoms with Gasteiger partial charge >= 0.3 is 0 Å². The van der Waals surface area contributed by atoms with Crippen molar-refractivity contribution >= 4 is 37.8 Å². The topological polar surface area (TPSA) is 0 Å². The lowest BCUT2D eigenvalue weighted by Gasteiger charge is -2.04. The van der Waals surface area contributed by atoms with E-state index in [4.69, 9.17) is 11.6 Å². The van der Waals surface area contributed by atoms with Gasteiger partial charge in [0.25, 0.3) is 0 Å². The molecule has 0 aliphatic rings. The van der Waals surface area contributed by atoms with Crippen LogP contribution in [0.25, 0.3) is 10.8 Å². The second-order valence-corrected chi connectivity index (χ2v) is 4.88. The van der Waals surface area contributed by atoms with Gasteiger partial charge < -0.3 is 0 Å². The van der Waals surface area contributed by atoms with Crippen LogP contribution in [0.3, 0.4) is 0 Å². The van der Waals surface area contributed by atoms with E-state index in [0.29, 0.717) is 0 Å². The summed E-state index contributed by atoms with van der Waals surface area (Å²) in [5.41, 5.74) is 1.35. The van der Waals surface area contributed by atoms with Crippen molar-refractivity contribution in [1.82, 2.24) is 0 Å². The van der Waals surface area contributed by atoms with Gasteiger partial charge in [-0.25, -0.2) is 0 Å².